The van der Waals surface area contributed by atoms with Gasteiger partial charge in [-0.15, -0.1) is 6.42 Å². The van der Waals surface area contributed by atoms with Crippen LogP contribution in [0.25, 0.3) is 0 Å². The highest BCUT2D eigenvalue weighted by molar-refractivity contribution is 5.83. The second-order valence-corrected chi connectivity index (χ2v) is 4.25. The Labute approximate surface area is 92.0 Å². The molecule has 2 N–H and O–H groups in total. The number of carbonyl (C=O) groups excluding carboxylic acids is 1. The van der Waals surface area contributed by atoms with E-state index in [1.807, 2.05) is 6.92 Å². The smallest absolute Gasteiger partial charge is 0.227 e. The van der Waals surface area contributed by atoms with Gasteiger partial charge in [-0.25, -0.2) is 0 Å². The van der Waals surface area contributed by atoms with Gasteiger partial charge in [0.05, 0.1) is 11.5 Å². The van der Waals surface area contributed by atoms with E-state index in [-0.39, 0.29) is 17.4 Å². The third-order valence-electron chi connectivity index (χ3n) is 3.32. The van der Waals surface area contributed by atoms with Crippen molar-refractivity contribution in [3.05, 3.63) is 0 Å². The lowest BCUT2D eigenvalue weighted by molar-refractivity contribution is -0.133. The fourth-order valence-corrected chi connectivity index (χ4v) is 2.04. The summed E-state index contributed by atoms with van der Waals surface area (Å²) in [7, 11) is 0. The van der Waals surface area contributed by atoms with Crippen molar-refractivity contribution < 1.29 is 4.79 Å². The molecule has 1 amide bonds. The van der Waals surface area contributed by atoms with Crippen LogP contribution in [-0.4, -0.2) is 25.0 Å². The molecule has 1 saturated heterocycles. The maximum atomic E-state index is 12.1. The molecule has 1 heterocycles. The van der Waals surface area contributed by atoms with E-state index in [1.54, 1.807) is 0 Å². The lowest BCUT2D eigenvalue weighted by Gasteiger charge is -2.35. The van der Waals surface area contributed by atoms with Crippen LogP contribution in [0, 0.1) is 17.8 Å². The summed E-state index contributed by atoms with van der Waals surface area (Å²) >= 11 is 0. The number of amides is 1. The molecule has 84 valence electrons. The Morgan fingerprint density at radius 3 is 2.67 bits per heavy atom. The summed E-state index contributed by atoms with van der Waals surface area (Å²) in [6.45, 7) is 5.76. The van der Waals surface area contributed by atoms with Gasteiger partial charge in [0.15, 0.2) is 0 Å². The fourth-order valence-electron chi connectivity index (χ4n) is 2.04. The van der Waals surface area contributed by atoms with Gasteiger partial charge < -0.3 is 10.6 Å². The number of nitrogens with one attached hydrogen (secondary N) is 2. The van der Waals surface area contributed by atoms with Crippen LogP contribution >= 0.6 is 0 Å². The minimum Gasteiger partial charge on any atom is -0.342 e. The van der Waals surface area contributed by atoms with Gasteiger partial charge in [-0.3, -0.25) is 4.79 Å². The summed E-state index contributed by atoms with van der Waals surface area (Å²) in [5.41, 5.74) is -0.198. The Bertz CT molecular complexity index is 261. The van der Waals surface area contributed by atoms with Crippen molar-refractivity contribution in [3.63, 3.8) is 0 Å². The second kappa shape index (κ2) is 5.18. The normalized spacial score (nSPS) is 21.4. The molecule has 3 heteroatoms. The second-order valence-electron chi connectivity index (χ2n) is 4.25. The highest BCUT2D eigenvalue weighted by atomic mass is 16.2. The van der Waals surface area contributed by atoms with Crippen molar-refractivity contribution in [2.24, 2.45) is 5.41 Å². The first-order chi connectivity index (χ1) is 7.14. The molecule has 0 aliphatic carbocycles. The van der Waals surface area contributed by atoms with Crippen molar-refractivity contribution in [3.8, 4) is 12.3 Å². The van der Waals surface area contributed by atoms with E-state index in [0.29, 0.717) is 0 Å². The Kier molecular flexibility index (Phi) is 4.16. The molecule has 1 aliphatic rings. The Morgan fingerprint density at radius 2 is 2.20 bits per heavy atom. The zero-order chi connectivity index (χ0) is 11.3. The number of rotatable bonds is 3. The van der Waals surface area contributed by atoms with Crippen LogP contribution in [0.1, 0.15) is 33.1 Å². The van der Waals surface area contributed by atoms with Crippen LogP contribution in [0.4, 0.5) is 0 Å². The van der Waals surface area contributed by atoms with E-state index in [4.69, 9.17) is 6.42 Å². The SMILES string of the molecule is C#CC(C)NC(=O)C1(CC)CCNCC1. The molecule has 0 bridgehead atoms. The Balaban J connectivity index is 2.64. The van der Waals surface area contributed by atoms with Gasteiger partial charge in [0.2, 0.25) is 5.91 Å². The minimum atomic E-state index is -0.198. The van der Waals surface area contributed by atoms with Gasteiger partial charge in [0.25, 0.3) is 0 Å². The number of piperidine rings is 1. The van der Waals surface area contributed by atoms with Gasteiger partial charge >= 0.3 is 0 Å². The molecule has 1 aliphatic heterocycles. The first-order valence-corrected chi connectivity index (χ1v) is 5.62. The maximum absolute atomic E-state index is 12.1. The number of terminal acetylenes is 1. The van der Waals surface area contributed by atoms with Gasteiger partial charge in [0.1, 0.15) is 0 Å². The van der Waals surface area contributed by atoms with E-state index < -0.39 is 0 Å². The van der Waals surface area contributed by atoms with E-state index in [0.717, 1.165) is 32.4 Å². The highest BCUT2D eigenvalue weighted by Crippen LogP contribution is 2.32. The Hall–Kier alpha value is -1.01. The van der Waals surface area contributed by atoms with Crippen LogP contribution in [0.5, 0.6) is 0 Å². The summed E-state index contributed by atoms with van der Waals surface area (Å²) in [6.07, 6.45) is 7.96. The molecule has 0 saturated carbocycles. The third-order valence-corrected chi connectivity index (χ3v) is 3.32. The molecule has 1 rings (SSSR count). The number of carbonyl (C=O) groups is 1. The average Bonchev–Trinajstić information content (AvgIpc) is 2.29. The van der Waals surface area contributed by atoms with Crippen LogP contribution in [0.2, 0.25) is 0 Å². The van der Waals surface area contributed by atoms with Crippen molar-refractivity contribution in [1.82, 2.24) is 10.6 Å². The predicted molar refractivity (Wildman–Crippen MR) is 61.3 cm³/mol. The lowest BCUT2D eigenvalue weighted by Crippen LogP contribution is -2.49. The van der Waals surface area contributed by atoms with Gasteiger partial charge in [-0.1, -0.05) is 12.8 Å². The quantitative estimate of drug-likeness (QED) is 0.677. The van der Waals surface area contributed by atoms with E-state index in [9.17, 15) is 4.79 Å². The van der Waals surface area contributed by atoms with Crippen LogP contribution < -0.4 is 10.6 Å². The summed E-state index contributed by atoms with van der Waals surface area (Å²) < 4.78 is 0. The first kappa shape index (κ1) is 12.1. The van der Waals surface area contributed by atoms with Crippen molar-refractivity contribution in [2.75, 3.05) is 13.1 Å². The molecule has 0 radical (unpaired) electrons. The number of hydrogen-bond acceptors (Lipinski definition) is 2. The summed E-state index contributed by atoms with van der Waals surface area (Å²) in [5, 5.41) is 6.16. The molecule has 0 aromatic rings. The molecule has 15 heavy (non-hydrogen) atoms. The molecular weight excluding hydrogens is 188 g/mol. The highest BCUT2D eigenvalue weighted by Gasteiger charge is 2.37. The average molecular weight is 208 g/mol. The van der Waals surface area contributed by atoms with Crippen LogP contribution in [0.3, 0.4) is 0 Å². The van der Waals surface area contributed by atoms with E-state index >= 15 is 0 Å². The van der Waals surface area contributed by atoms with Crippen molar-refractivity contribution in [1.29, 1.82) is 0 Å². The van der Waals surface area contributed by atoms with Crippen LogP contribution in [0.15, 0.2) is 0 Å². The van der Waals surface area contributed by atoms with E-state index in [1.165, 1.54) is 0 Å². The Morgan fingerprint density at radius 1 is 1.60 bits per heavy atom. The minimum absolute atomic E-state index is 0.122. The van der Waals surface area contributed by atoms with E-state index in [2.05, 4.69) is 23.5 Å². The molecule has 0 aromatic heterocycles. The first-order valence-electron chi connectivity index (χ1n) is 5.62. The van der Waals surface area contributed by atoms with Gasteiger partial charge in [-0.2, -0.15) is 0 Å². The number of hydrogen-bond donors (Lipinski definition) is 2. The summed E-state index contributed by atoms with van der Waals surface area (Å²) in [4.78, 5) is 12.1. The zero-order valence-electron chi connectivity index (χ0n) is 9.60. The zero-order valence-corrected chi connectivity index (χ0v) is 9.60. The molecule has 0 aromatic carbocycles. The third kappa shape index (κ3) is 2.73. The van der Waals surface area contributed by atoms with Crippen molar-refractivity contribution >= 4 is 5.91 Å². The maximum Gasteiger partial charge on any atom is 0.227 e. The van der Waals surface area contributed by atoms with Gasteiger partial charge in [0, 0.05) is 0 Å². The largest absolute Gasteiger partial charge is 0.342 e. The molecule has 1 atom stereocenters. The van der Waals surface area contributed by atoms with Gasteiger partial charge in [-0.05, 0) is 39.3 Å². The topological polar surface area (TPSA) is 41.1 Å². The molecule has 1 unspecified atom stereocenters. The summed E-state index contributed by atoms with van der Waals surface area (Å²) in [5.74, 6) is 2.65. The molecule has 0 spiro atoms. The summed E-state index contributed by atoms with van der Waals surface area (Å²) in [6, 6.07) is -0.171. The fraction of sp³-hybridized carbons (Fsp3) is 0.750. The molecule has 3 nitrogen and oxygen atoms in total. The standard InChI is InChI=1S/C12H20N2O/c1-4-10(3)14-11(15)12(5-2)6-8-13-9-7-12/h1,10,13H,5-9H2,2-3H3,(H,14,15). The van der Waals surface area contributed by atoms with Crippen LogP contribution in [-0.2, 0) is 4.79 Å². The lowest BCUT2D eigenvalue weighted by atomic mass is 9.75. The monoisotopic (exact) mass is 208 g/mol. The molecule has 1 fully saturated rings. The van der Waals surface area contributed by atoms with Crippen molar-refractivity contribution in [2.45, 2.75) is 39.2 Å². The molecular formula is C12H20N2O. The predicted octanol–water partition coefficient (Wildman–Crippen LogP) is 0.904.